The van der Waals surface area contributed by atoms with Gasteiger partial charge in [0.05, 0.1) is 18.1 Å². The summed E-state index contributed by atoms with van der Waals surface area (Å²) in [6, 6.07) is 6.77. The summed E-state index contributed by atoms with van der Waals surface area (Å²) >= 11 is 0. The molecule has 1 aliphatic heterocycles. The predicted octanol–water partition coefficient (Wildman–Crippen LogP) is 0.495. The fourth-order valence-electron chi connectivity index (χ4n) is 2.61. The Hall–Kier alpha value is -1.48. The molecule has 8 heteroatoms. The largest absolute Gasteiger partial charge is 0.379 e. The fourth-order valence-corrected chi connectivity index (χ4v) is 4.02. The Balaban J connectivity index is 1.84. The summed E-state index contributed by atoms with van der Waals surface area (Å²) in [6.45, 7) is 2.90. The monoisotopic (exact) mass is 369 g/mol. The van der Waals surface area contributed by atoms with Crippen LogP contribution in [0.2, 0.25) is 0 Å². The average Bonchev–Trinajstić information content (AvgIpc) is 2.64. The summed E-state index contributed by atoms with van der Waals surface area (Å²) < 4.78 is 31.7. The van der Waals surface area contributed by atoms with Crippen molar-refractivity contribution in [1.29, 1.82) is 0 Å². The van der Waals surface area contributed by atoms with Gasteiger partial charge in [0, 0.05) is 26.1 Å². The van der Waals surface area contributed by atoms with Gasteiger partial charge >= 0.3 is 0 Å². The van der Waals surface area contributed by atoms with Crippen molar-refractivity contribution in [3.63, 3.8) is 0 Å². The Bertz CT molecular complexity index is 640. The first-order valence-electron chi connectivity index (χ1n) is 8.67. The van der Waals surface area contributed by atoms with Gasteiger partial charge in [0.25, 0.3) is 0 Å². The van der Waals surface area contributed by atoms with Gasteiger partial charge in [-0.2, -0.15) is 4.31 Å². The molecule has 1 amide bonds. The Morgan fingerprint density at radius 2 is 1.84 bits per heavy atom. The molecule has 3 N–H and O–H groups in total. The molecule has 0 aromatic heterocycles. The quantitative estimate of drug-likeness (QED) is 0.617. The maximum Gasteiger partial charge on any atom is 0.243 e. The van der Waals surface area contributed by atoms with Crippen LogP contribution < -0.4 is 11.1 Å². The summed E-state index contributed by atoms with van der Waals surface area (Å²) in [5, 5.41) is 2.86. The summed E-state index contributed by atoms with van der Waals surface area (Å²) in [6.07, 6.45) is 2.76. The molecular formula is C17H27N3O4S. The molecule has 1 aliphatic rings. The van der Waals surface area contributed by atoms with Crippen molar-refractivity contribution >= 4 is 15.9 Å². The number of carbonyl (C=O) groups excluding carboxylic acids is 1. The van der Waals surface area contributed by atoms with Gasteiger partial charge < -0.3 is 15.8 Å². The second kappa shape index (κ2) is 9.86. The van der Waals surface area contributed by atoms with Crippen molar-refractivity contribution in [2.75, 3.05) is 39.4 Å². The molecule has 7 nitrogen and oxygen atoms in total. The van der Waals surface area contributed by atoms with E-state index in [4.69, 9.17) is 10.5 Å². The Morgan fingerprint density at radius 1 is 1.16 bits per heavy atom. The maximum absolute atomic E-state index is 12.5. The van der Waals surface area contributed by atoms with E-state index in [1.165, 1.54) is 4.31 Å². The number of benzene rings is 1. The van der Waals surface area contributed by atoms with Crippen molar-refractivity contribution in [2.45, 2.75) is 30.6 Å². The van der Waals surface area contributed by atoms with Crippen molar-refractivity contribution in [3.8, 4) is 0 Å². The first-order valence-corrected chi connectivity index (χ1v) is 10.1. The van der Waals surface area contributed by atoms with E-state index >= 15 is 0 Å². The second-order valence-corrected chi connectivity index (χ2v) is 7.94. The van der Waals surface area contributed by atoms with E-state index in [0.717, 1.165) is 18.4 Å². The number of nitrogens with zero attached hydrogens (tertiary/aromatic N) is 1. The van der Waals surface area contributed by atoms with Gasteiger partial charge in [0.15, 0.2) is 0 Å². The molecule has 0 unspecified atom stereocenters. The third-order valence-corrected chi connectivity index (χ3v) is 6.04. The fraction of sp³-hybridized carbons (Fsp3) is 0.588. The zero-order valence-corrected chi connectivity index (χ0v) is 15.3. The maximum atomic E-state index is 12.5. The normalized spacial score (nSPS) is 15.9. The molecule has 1 saturated heterocycles. The predicted molar refractivity (Wildman–Crippen MR) is 95.6 cm³/mol. The highest BCUT2D eigenvalue weighted by molar-refractivity contribution is 7.89. The van der Waals surface area contributed by atoms with Gasteiger partial charge in [-0.05, 0) is 43.5 Å². The minimum atomic E-state index is -3.46. The third kappa shape index (κ3) is 6.07. The first-order chi connectivity index (χ1) is 12.0. The highest BCUT2D eigenvalue weighted by atomic mass is 32.2. The van der Waals surface area contributed by atoms with Crippen LogP contribution in [-0.4, -0.2) is 58.0 Å². The summed E-state index contributed by atoms with van der Waals surface area (Å²) in [7, 11) is -3.46. The number of aryl methyl sites for hydroxylation is 1. The van der Waals surface area contributed by atoms with Gasteiger partial charge in [-0.25, -0.2) is 8.42 Å². The van der Waals surface area contributed by atoms with E-state index in [9.17, 15) is 13.2 Å². The first kappa shape index (κ1) is 19.8. The molecule has 1 fully saturated rings. The Kier molecular flexibility index (Phi) is 7.83. The van der Waals surface area contributed by atoms with Crippen LogP contribution in [0.1, 0.15) is 24.8 Å². The van der Waals surface area contributed by atoms with E-state index < -0.39 is 10.0 Å². The number of hydrogen-bond donors (Lipinski definition) is 2. The van der Waals surface area contributed by atoms with Gasteiger partial charge in [-0.3, -0.25) is 4.79 Å². The van der Waals surface area contributed by atoms with Gasteiger partial charge in [0.1, 0.15) is 0 Å². The lowest BCUT2D eigenvalue weighted by atomic mass is 10.1. The molecule has 0 atom stereocenters. The smallest absolute Gasteiger partial charge is 0.243 e. The summed E-state index contributed by atoms with van der Waals surface area (Å²) in [5.74, 6) is 0.00189. The molecule has 0 aliphatic carbocycles. The molecule has 2 rings (SSSR count). The third-order valence-electron chi connectivity index (χ3n) is 4.12. The Morgan fingerprint density at radius 3 is 2.48 bits per heavy atom. The average molecular weight is 369 g/mol. The zero-order valence-electron chi connectivity index (χ0n) is 14.4. The summed E-state index contributed by atoms with van der Waals surface area (Å²) in [4.78, 5) is 12.0. The number of carbonyl (C=O) groups is 1. The van der Waals surface area contributed by atoms with Crippen LogP contribution in [0.25, 0.3) is 0 Å². The number of sulfonamides is 1. The topological polar surface area (TPSA) is 102 Å². The number of ether oxygens (including phenoxy) is 1. The number of morpholine rings is 1. The minimum Gasteiger partial charge on any atom is -0.379 e. The van der Waals surface area contributed by atoms with Gasteiger partial charge in [-0.15, -0.1) is 0 Å². The second-order valence-electron chi connectivity index (χ2n) is 6.01. The SMILES string of the molecule is NCCCCNC(=O)CCc1ccc(S(=O)(=O)N2CCOCC2)cc1. The van der Waals surface area contributed by atoms with Crippen LogP contribution in [0, 0.1) is 0 Å². The van der Waals surface area contributed by atoms with Crippen molar-refractivity contribution in [2.24, 2.45) is 5.73 Å². The van der Waals surface area contributed by atoms with Crippen LogP contribution in [0.4, 0.5) is 0 Å². The molecular weight excluding hydrogens is 342 g/mol. The summed E-state index contributed by atoms with van der Waals surface area (Å²) in [5.41, 5.74) is 6.35. The molecule has 0 saturated carbocycles. The highest BCUT2D eigenvalue weighted by Gasteiger charge is 2.25. The van der Waals surface area contributed by atoms with Crippen LogP contribution in [0.15, 0.2) is 29.2 Å². The number of amides is 1. The van der Waals surface area contributed by atoms with Crippen LogP contribution in [0.3, 0.4) is 0 Å². The van der Waals surface area contributed by atoms with E-state index in [1.807, 2.05) is 0 Å². The van der Waals surface area contributed by atoms with E-state index in [1.54, 1.807) is 24.3 Å². The standard InChI is InChI=1S/C17H27N3O4S/c18-9-1-2-10-19-17(21)8-5-15-3-6-16(7-4-15)25(22,23)20-11-13-24-14-12-20/h3-4,6-7H,1-2,5,8-14,18H2,(H,19,21). The number of hydrogen-bond acceptors (Lipinski definition) is 5. The molecule has 1 aromatic carbocycles. The van der Waals surface area contributed by atoms with E-state index in [-0.39, 0.29) is 10.8 Å². The Labute approximate surface area is 149 Å². The molecule has 0 spiro atoms. The van der Waals surface area contributed by atoms with Crippen LogP contribution in [-0.2, 0) is 26.0 Å². The molecule has 25 heavy (non-hydrogen) atoms. The lowest BCUT2D eigenvalue weighted by Crippen LogP contribution is -2.40. The minimum absolute atomic E-state index is 0.00189. The molecule has 0 bridgehead atoms. The molecule has 1 heterocycles. The molecule has 1 aromatic rings. The van der Waals surface area contributed by atoms with E-state index in [0.29, 0.717) is 52.2 Å². The van der Waals surface area contributed by atoms with Crippen molar-refractivity contribution in [3.05, 3.63) is 29.8 Å². The van der Waals surface area contributed by atoms with Gasteiger partial charge in [0.2, 0.25) is 15.9 Å². The lowest BCUT2D eigenvalue weighted by Gasteiger charge is -2.26. The molecule has 140 valence electrons. The number of nitrogens with one attached hydrogen (secondary N) is 1. The van der Waals surface area contributed by atoms with Crippen molar-refractivity contribution in [1.82, 2.24) is 9.62 Å². The highest BCUT2D eigenvalue weighted by Crippen LogP contribution is 2.18. The number of unbranched alkanes of at least 4 members (excludes halogenated alkanes) is 1. The van der Waals surface area contributed by atoms with Gasteiger partial charge in [-0.1, -0.05) is 12.1 Å². The zero-order chi connectivity index (χ0) is 18.1. The van der Waals surface area contributed by atoms with Crippen LogP contribution in [0.5, 0.6) is 0 Å². The molecule has 0 radical (unpaired) electrons. The number of nitrogens with two attached hydrogens (primary N) is 1. The van der Waals surface area contributed by atoms with Crippen LogP contribution >= 0.6 is 0 Å². The van der Waals surface area contributed by atoms with E-state index in [2.05, 4.69) is 5.32 Å². The lowest BCUT2D eigenvalue weighted by molar-refractivity contribution is -0.121. The van der Waals surface area contributed by atoms with Crippen molar-refractivity contribution < 1.29 is 17.9 Å². The number of rotatable bonds is 9.